The summed E-state index contributed by atoms with van der Waals surface area (Å²) in [6, 6.07) is 8.24. The van der Waals surface area contributed by atoms with E-state index in [4.69, 9.17) is 14.4 Å². The van der Waals surface area contributed by atoms with E-state index < -0.39 is 18.1 Å². The van der Waals surface area contributed by atoms with Crippen LogP contribution in [0.5, 0.6) is 0 Å². The van der Waals surface area contributed by atoms with E-state index >= 15 is 0 Å². The van der Waals surface area contributed by atoms with Gasteiger partial charge in [-0.15, -0.1) is 0 Å². The van der Waals surface area contributed by atoms with Crippen LogP contribution in [0.15, 0.2) is 53.7 Å². The van der Waals surface area contributed by atoms with Crippen molar-refractivity contribution in [2.45, 2.75) is 58.9 Å². The zero-order valence-electron chi connectivity index (χ0n) is 24.8. The second-order valence-electron chi connectivity index (χ2n) is 11.4. The molecule has 0 spiro atoms. The Morgan fingerprint density at radius 1 is 1.11 bits per heavy atom. The van der Waals surface area contributed by atoms with Gasteiger partial charge in [-0.2, -0.15) is 23.3 Å². The van der Waals surface area contributed by atoms with Crippen LogP contribution in [0.1, 0.15) is 54.2 Å². The molecule has 4 aromatic heterocycles. The lowest BCUT2D eigenvalue weighted by atomic mass is 9.96. The van der Waals surface area contributed by atoms with Crippen LogP contribution in [0.4, 0.5) is 18.9 Å². The predicted molar refractivity (Wildman–Crippen MR) is 154 cm³/mol. The minimum atomic E-state index is -5.08. The Bertz CT molecular complexity index is 1850. The van der Waals surface area contributed by atoms with Gasteiger partial charge in [0, 0.05) is 43.0 Å². The van der Waals surface area contributed by atoms with Crippen LogP contribution in [0.2, 0.25) is 0 Å². The number of halogens is 3. The molecule has 0 saturated carbocycles. The number of imidazole rings is 1. The average Bonchev–Trinajstić information content (AvgIpc) is 3.75. The summed E-state index contributed by atoms with van der Waals surface area (Å²) in [7, 11) is 0. The standard InChI is InChI=1S/C27H29N9O2.C2HF3O2/c1-17-11-18(5-6-19(17)13-29-24(37)25-32-26(33-38-25)27(2,3)4)23-21-12-20(14-36(21)31-16-30-23)35-10-9-34-8-7-28-22(34)15-35;3-2(4,5)1(6)7/h5-8,11-12,14,16H,9-10,13,15H2,1-4H3,(H,29,37);(H,6,7). The molecule has 0 bridgehead atoms. The number of amides is 1. The fourth-order valence-corrected chi connectivity index (χ4v) is 4.62. The quantitative estimate of drug-likeness (QED) is 0.291. The zero-order chi connectivity index (χ0) is 32.5. The Balaban J connectivity index is 0.000000515. The van der Waals surface area contributed by atoms with Gasteiger partial charge in [-0.1, -0.05) is 38.1 Å². The molecule has 1 amide bonds. The minimum Gasteiger partial charge on any atom is -0.475 e. The van der Waals surface area contributed by atoms with Crippen LogP contribution < -0.4 is 10.2 Å². The van der Waals surface area contributed by atoms with E-state index in [1.165, 1.54) is 0 Å². The molecule has 1 aromatic carbocycles. The normalized spacial score (nSPS) is 13.3. The van der Waals surface area contributed by atoms with E-state index in [0.29, 0.717) is 12.4 Å². The van der Waals surface area contributed by atoms with Gasteiger partial charge in [-0.3, -0.25) is 4.79 Å². The van der Waals surface area contributed by atoms with Gasteiger partial charge in [0.15, 0.2) is 5.82 Å². The highest BCUT2D eigenvalue weighted by atomic mass is 19.4. The van der Waals surface area contributed by atoms with Gasteiger partial charge in [0.2, 0.25) is 0 Å². The molecule has 5 heterocycles. The first-order valence-electron chi connectivity index (χ1n) is 13.8. The third-order valence-electron chi connectivity index (χ3n) is 7.09. The molecule has 45 heavy (non-hydrogen) atoms. The first-order chi connectivity index (χ1) is 21.2. The number of hydrogen-bond acceptors (Lipinski definition) is 9. The molecular weight excluding hydrogens is 595 g/mol. The average molecular weight is 626 g/mol. The number of nitrogens with zero attached hydrogens (tertiary/aromatic N) is 8. The predicted octanol–water partition coefficient (Wildman–Crippen LogP) is 4.17. The maximum atomic E-state index is 12.6. The summed E-state index contributed by atoms with van der Waals surface area (Å²) in [5, 5.41) is 18.4. The molecule has 236 valence electrons. The van der Waals surface area contributed by atoms with E-state index in [1.54, 1.807) is 6.33 Å². The first-order valence-corrected chi connectivity index (χ1v) is 13.8. The number of alkyl halides is 3. The Morgan fingerprint density at radius 3 is 2.53 bits per heavy atom. The van der Waals surface area contributed by atoms with Crippen molar-refractivity contribution in [3.8, 4) is 11.3 Å². The summed E-state index contributed by atoms with van der Waals surface area (Å²) >= 11 is 0. The minimum absolute atomic E-state index is 0.0331. The highest BCUT2D eigenvalue weighted by Gasteiger charge is 2.38. The van der Waals surface area contributed by atoms with Crippen LogP contribution >= 0.6 is 0 Å². The van der Waals surface area contributed by atoms with E-state index in [9.17, 15) is 18.0 Å². The number of anilines is 1. The SMILES string of the molecule is Cc1cc(-c2ncnn3cc(N4CCn5ccnc5C4)cc23)ccc1CNC(=O)c1nc(C(C)(C)C)no1.O=C(O)C(F)(F)F. The molecule has 0 unspecified atom stereocenters. The van der Waals surface area contributed by atoms with Crippen molar-refractivity contribution in [2.24, 2.45) is 0 Å². The molecule has 16 heteroatoms. The van der Waals surface area contributed by atoms with Gasteiger partial charge in [-0.25, -0.2) is 19.3 Å². The smallest absolute Gasteiger partial charge is 0.475 e. The topological polar surface area (TPSA) is 157 Å². The highest BCUT2D eigenvalue weighted by molar-refractivity contribution is 5.89. The Kier molecular flexibility index (Phi) is 8.32. The number of carbonyl (C=O) groups excluding carboxylic acids is 1. The Hall–Kier alpha value is -5.28. The summed E-state index contributed by atoms with van der Waals surface area (Å²) in [5.74, 6) is -1.62. The van der Waals surface area contributed by atoms with E-state index in [2.05, 4.69) is 52.1 Å². The molecular formula is C29H30F3N9O4. The molecule has 2 N–H and O–H groups in total. The second kappa shape index (κ2) is 12.0. The lowest BCUT2D eigenvalue weighted by molar-refractivity contribution is -0.192. The third kappa shape index (κ3) is 6.94. The number of carbonyl (C=O) groups is 2. The molecule has 1 aliphatic rings. The van der Waals surface area contributed by atoms with Crippen molar-refractivity contribution in [3.05, 3.63) is 77.8 Å². The lowest BCUT2D eigenvalue weighted by Gasteiger charge is -2.28. The monoisotopic (exact) mass is 625 g/mol. The summed E-state index contributed by atoms with van der Waals surface area (Å²) in [6.45, 7) is 10.8. The number of aryl methyl sites for hydroxylation is 1. The zero-order valence-corrected chi connectivity index (χ0v) is 24.8. The van der Waals surface area contributed by atoms with Gasteiger partial charge in [0.05, 0.1) is 29.6 Å². The third-order valence-corrected chi connectivity index (χ3v) is 7.09. The fraction of sp³-hybridized carbons (Fsp3) is 0.345. The Labute approximate surface area is 254 Å². The van der Waals surface area contributed by atoms with Crippen LogP contribution in [0.25, 0.3) is 16.8 Å². The fourth-order valence-electron chi connectivity index (χ4n) is 4.62. The highest BCUT2D eigenvalue weighted by Crippen LogP contribution is 2.29. The van der Waals surface area contributed by atoms with Crippen molar-refractivity contribution >= 4 is 23.1 Å². The molecule has 0 saturated heterocycles. The van der Waals surface area contributed by atoms with E-state index in [0.717, 1.165) is 59.0 Å². The van der Waals surface area contributed by atoms with Crippen molar-refractivity contribution in [1.29, 1.82) is 0 Å². The lowest BCUT2D eigenvalue weighted by Crippen LogP contribution is -2.33. The number of carboxylic acids is 1. The Morgan fingerprint density at radius 2 is 1.87 bits per heavy atom. The van der Waals surface area contributed by atoms with Crippen molar-refractivity contribution < 1.29 is 32.4 Å². The summed E-state index contributed by atoms with van der Waals surface area (Å²) < 4.78 is 41.0. The van der Waals surface area contributed by atoms with Gasteiger partial charge >= 0.3 is 23.9 Å². The van der Waals surface area contributed by atoms with Crippen molar-refractivity contribution in [1.82, 2.24) is 39.6 Å². The van der Waals surface area contributed by atoms with Crippen LogP contribution in [-0.4, -0.2) is 64.0 Å². The van der Waals surface area contributed by atoms with Gasteiger partial charge < -0.3 is 24.4 Å². The number of aromatic nitrogens is 7. The molecule has 6 rings (SSSR count). The molecule has 0 atom stereocenters. The number of nitrogens with one attached hydrogen (secondary N) is 1. The number of hydrogen-bond donors (Lipinski definition) is 2. The maximum Gasteiger partial charge on any atom is 0.490 e. The van der Waals surface area contributed by atoms with Gasteiger partial charge in [0.1, 0.15) is 12.2 Å². The van der Waals surface area contributed by atoms with Gasteiger partial charge in [-0.05, 0) is 30.2 Å². The van der Waals surface area contributed by atoms with Crippen LogP contribution in [-0.2, 0) is 29.8 Å². The molecule has 13 nitrogen and oxygen atoms in total. The summed E-state index contributed by atoms with van der Waals surface area (Å²) in [6.07, 6.45) is 2.41. The van der Waals surface area contributed by atoms with Gasteiger partial charge in [0.25, 0.3) is 0 Å². The second-order valence-corrected chi connectivity index (χ2v) is 11.4. The van der Waals surface area contributed by atoms with E-state index in [1.807, 2.05) is 62.9 Å². The molecule has 1 aliphatic heterocycles. The molecule has 0 fully saturated rings. The number of fused-ring (bicyclic) bond motifs is 2. The number of aliphatic carboxylic acids is 1. The number of rotatable bonds is 5. The molecule has 5 aromatic rings. The van der Waals surface area contributed by atoms with Crippen LogP contribution in [0, 0.1) is 6.92 Å². The summed E-state index contributed by atoms with van der Waals surface area (Å²) in [4.78, 5) is 37.1. The molecule has 0 radical (unpaired) electrons. The summed E-state index contributed by atoms with van der Waals surface area (Å²) in [5.41, 5.74) is 5.59. The first kappa shape index (κ1) is 31.2. The molecule has 0 aliphatic carbocycles. The number of benzene rings is 1. The van der Waals surface area contributed by atoms with Crippen LogP contribution in [0.3, 0.4) is 0 Å². The van der Waals surface area contributed by atoms with E-state index in [-0.39, 0.29) is 11.3 Å². The number of carboxylic acid groups (broad SMARTS) is 1. The van der Waals surface area contributed by atoms with Crippen molar-refractivity contribution in [3.63, 3.8) is 0 Å². The largest absolute Gasteiger partial charge is 0.490 e. The van der Waals surface area contributed by atoms with Crippen molar-refractivity contribution in [2.75, 3.05) is 11.4 Å². The maximum absolute atomic E-state index is 12.6.